The Hall–Kier alpha value is -2.02. The van der Waals surface area contributed by atoms with Gasteiger partial charge in [0, 0.05) is 0 Å². The van der Waals surface area contributed by atoms with Gasteiger partial charge < -0.3 is 10.4 Å². The first-order valence-corrected chi connectivity index (χ1v) is 5.45. The maximum Gasteiger partial charge on any atom is 0.256 e. The highest BCUT2D eigenvalue weighted by atomic mass is 16.3. The number of carbonyl (C=O) groups excluding carboxylic acids is 1. The first-order chi connectivity index (χ1) is 7.95. The third-order valence-corrected chi connectivity index (χ3v) is 2.49. The molecule has 1 rings (SSSR count). The number of aryl methyl sites for hydroxylation is 1. The molecule has 1 amide bonds. The maximum absolute atomic E-state index is 11.9. The Kier molecular flexibility index (Phi) is 4.11. The van der Waals surface area contributed by atoms with Gasteiger partial charge in [0.2, 0.25) is 0 Å². The highest BCUT2D eigenvalue weighted by Crippen LogP contribution is 2.18. The number of nitriles is 1. The average molecular weight is 232 g/mol. The molecule has 0 heterocycles. The quantitative estimate of drug-likeness (QED) is 0.836. The molecule has 4 heteroatoms. The van der Waals surface area contributed by atoms with Gasteiger partial charge in [0.05, 0.1) is 11.6 Å². The van der Waals surface area contributed by atoms with E-state index in [2.05, 4.69) is 5.32 Å². The van der Waals surface area contributed by atoms with Crippen LogP contribution in [0.25, 0.3) is 0 Å². The van der Waals surface area contributed by atoms with Crippen LogP contribution in [-0.4, -0.2) is 17.1 Å². The van der Waals surface area contributed by atoms with Gasteiger partial charge in [-0.1, -0.05) is 25.5 Å². The van der Waals surface area contributed by atoms with E-state index in [4.69, 9.17) is 5.26 Å². The Bertz CT molecular complexity index is 461. The van der Waals surface area contributed by atoms with E-state index in [1.54, 1.807) is 12.1 Å². The third kappa shape index (κ3) is 3.22. The van der Waals surface area contributed by atoms with Crippen molar-refractivity contribution < 1.29 is 9.90 Å². The number of benzene rings is 1. The van der Waals surface area contributed by atoms with Crippen LogP contribution in [0.2, 0.25) is 0 Å². The van der Waals surface area contributed by atoms with Crippen molar-refractivity contribution in [3.05, 3.63) is 29.3 Å². The van der Waals surface area contributed by atoms with Crippen molar-refractivity contribution in [2.45, 2.75) is 26.8 Å². The van der Waals surface area contributed by atoms with Crippen molar-refractivity contribution in [1.82, 2.24) is 5.32 Å². The van der Waals surface area contributed by atoms with Gasteiger partial charge >= 0.3 is 0 Å². The van der Waals surface area contributed by atoms with Gasteiger partial charge in [0.1, 0.15) is 11.8 Å². The number of phenolic OH excluding ortho intramolecular Hbond substituents is 1. The Balaban J connectivity index is 2.90. The fourth-order valence-corrected chi connectivity index (χ4v) is 1.40. The van der Waals surface area contributed by atoms with Gasteiger partial charge in [-0.3, -0.25) is 4.79 Å². The minimum Gasteiger partial charge on any atom is -0.507 e. The van der Waals surface area contributed by atoms with Gasteiger partial charge in [-0.25, -0.2) is 0 Å². The lowest BCUT2D eigenvalue weighted by molar-refractivity contribution is 0.0935. The first kappa shape index (κ1) is 13.0. The van der Waals surface area contributed by atoms with E-state index >= 15 is 0 Å². The molecule has 1 aromatic rings. The standard InChI is InChI=1S/C13H16N2O2/c1-8(2)11(7-14)15-13(17)10-6-9(3)4-5-12(10)16/h4-6,8,11,16H,1-3H3,(H,15,17). The monoisotopic (exact) mass is 232 g/mol. The number of hydrogen-bond acceptors (Lipinski definition) is 3. The third-order valence-electron chi connectivity index (χ3n) is 2.49. The summed E-state index contributed by atoms with van der Waals surface area (Å²) in [6.45, 7) is 5.54. The largest absolute Gasteiger partial charge is 0.507 e. The highest BCUT2D eigenvalue weighted by Gasteiger charge is 2.18. The molecule has 0 aromatic heterocycles. The van der Waals surface area contributed by atoms with Gasteiger partial charge in [-0.05, 0) is 25.0 Å². The second-order valence-corrected chi connectivity index (χ2v) is 4.34. The molecule has 0 saturated carbocycles. The summed E-state index contributed by atoms with van der Waals surface area (Å²) in [5, 5.41) is 21.1. The van der Waals surface area contributed by atoms with Crippen LogP contribution in [0.4, 0.5) is 0 Å². The Labute approximate surface area is 101 Å². The lowest BCUT2D eigenvalue weighted by Crippen LogP contribution is -2.37. The molecule has 17 heavy (non-hydrogen) atoms. The summed E-state index contributed by atoms with van der Waals surface area (Å²) in [5.41, 5.74) is 1.08. The fourth-order valence-electron chi connectivity index (χ4n) is 1.40. The molecule has 90 valence electrons. The number of carbonyl (C=O) groups is 1. The summed E-state index contributed by atoms with van der Waals surface area (Å²) in [6.07, 6.45) is 0. The SMILES string of the molecule is Cc1ccc(O)c(C(=O)NC(C#N)C(C)C)c1. The van der Waals surface area contributed by atoms with E-state index in [-0.39, 0.29) is 17.2 Å². The molecular formula is C13H16N2O2. The Morgan fingerprint density at radius 3 is 2.65 bits per heavy atom. The van der Waals surface area contributed by atoms with Crippen molar-refractivity contribution in [3.8, 4) is 11.8 Å². The molecule has 4 nitrogen and oxygen atoms in total. The molecule has 0 aliphatic carbocycles. The number of nitrogens with zero attached hydrogens (tertiary/aromatic N) is 1. The zero-order chi connectivity index (χ0) is 13.0. The van der Waals surface area contributed by atoms with Gasteiger partial charge in [-0.15, -0.1) is 0 Å². The number of rotatable bonds is 3. The molecule has 2 N–H and O–H groups in total. The summed E-state index contributed by atoms with van der Waals surface area (Å²) in [6, 6.07) is 6.26. The normalized spacial score (nSPS) is 11.9. The van der Waals surface area contributed by atoms with Crippen LogP contribution >= 0.6 is 0 Å². The zero-order valence-electron chi connectivity index (χ0n) is 10.2. The van der Waals surface area contributed by atoms with Crippen LogP contribution in [-0.2, 0) is 0 Å². The molecule has 0 aliphatic heterocycles. The molecule has 0 aliphatic rings. The summed E-state index contributed by atoms with van der Waals surface area (Å²) in [4.78, 5) is 11.9. The van der Waals surface area contributed by atoms with E-state index in [1.165, 1.54) is 6.07 Å². The topological polar surface area (TPSA) is 73.1 Å². The predicted octanol–water partition coefficient (Wildman–Crippen LogP) is 1.98. The van der Waals surface area contributed by atoms with E-state index in [0.717, 1.165) is 5.56 Å². The first-order valence-electron chi connectivity index (χ1n) is 5.45. The van der Waals surface area contributed by atoms with Gasteiger partial charge in [0.25, 0.3) is 5.91 Å². The lowest BCUT2D eigenvalue weighted by atomic mass is 10.0. The number of hydrogen-bond donors (Lipinski definition) is 2. The lowest BCUT2D eigenvalue weighted by Gasteiger charge is -2.15. The fraction of sp³-hybridized carbons (Fsp3) is 0.385. The molecule has 0 bridgehead atoms. The minimum atomic E-state index is -0.553. The minimum absolute atomic E-state index is 0.0240. The molecule has 0 saturated heterocycles. The number of amides is 1. The molecular weight excluding hydrogens is 216 g/mol. The van der Waals surface area contributed by atoms with Crippen molar-refractivity contribution in [2.24, 2.45) is 5.92 Å². The smallest absolute Gasteiger partial charge is 0.256 e. The maximum atomic E-state index is 11.9. The van der Waals surface area contributed by atoms with E-state index in [9.17, 15) is 9.90 Å². The van der Waals surface area contributed by atoms with E-state index in [0.29, 0.717) is 0 Å². The van der Waals surface area contributed by atoms with Crippen LogP contribution in [0.15, 0.2) is 18.2 Å². The number of phenols is 1. The van der Waals surface area contributed by atoms with Crippen molar-refractivity contribution in [2.75, 3.05) is 0 Å². The average Bonchev–Trinajstić information content (AvgIpc) is 2.28. The zero-order valence-corrected chi connectivity index (χ0v) is 10.2. The van der Waals surface area contributed by atoms with Gasteiger partial charge in [-0.2, -0.15) is 5.26 Å². The summed E-state index contributed by atoms with van der Waals surface area (Å²) < 4.78 is 0. The molecule has 1 aromatic carbocycles. The second kappa shape index (κ2) is 5.35. The number of aromatic hydroxyl groups is 1. The molecule has 0 radical (unpaired) electrons. The number of nitrogens with one attached hydrogen (secondary N) is 1. The van der Waals surface area contributed by atoms with Crippen LogP contribution in [0.3, 0.4) is 0 Å². The summed E-state index contributed by atoms with van der Waals surface area (Å²) in [5.74, 6) is -0.476. The van der Waals surface area contributed by atoms with Crippen LogP contribution < -0.4 is 5.32 Å². The van der Waals surface area contributed by atoms with E-state index < -0.39 is 11.9 Å². The van der Waals surface area contributed by atoms with Crippen molar-refractivity contribution in [1.29, 1.82) is 5.26 Å². The molecule has 0 fully saturated rings. The van der Waals surface area contributed by atoms with E-state index in [1.807, 2.05) is 26.8 Å². The highest BCUT2D eigenvalue weighted by molar-refractivity contribution is 5.97. The van der Waals surface area contributed by atoms with Crippen LogP contribution in [0.5, 0.6) is 5.75 Å². The molecule has 0 spiro atoms. The second-order valence-electron chi connectivity index (χ2n) is 4.34. The van der Waals surface area contributed by atoms with Crippen molar-refractivity contribution in [3.63, 3.8) is 0 Å². The molecule has 1 unspecified atom stereocenters. The van der Waals surface area contributed by atoms with Crippen LogP contribution in [0, 0.1) is 24.2 Å². The van der Waals surface area contributed by atoms with Crippen LogP contribution in [0.1, 0.15) is 29.8 Å². The van der Waals surface area contributed by atoms with Gasteiger partial charge in [0.15, 0.2) is 0 Å². The van der Waals surface area contributed by atoms with Crippen molar-refractivity contribution >= 4 is 5.91 Å². The Morgan fingerprint density at radius 1 is 1.47 bits per heavy atom. The molecule has 1 atom stereocenters. The predicted molar refractivity (Wildman–Crippen MR) is 64.5 cm³/mol. The summed E-state index contributed by atoms with van der Waals surface area (Å²) >= 11 is 0. The Morgan fingerprint density at radius 2 is 2.12 bits per heavy atom. The summed E-state index contributed by atoms with van der Waals surface area (Å²) in [7, 11) is 0.